The normalized spacial score (nSPS) is 23.1. The number of carbonyl (C=O) groups excluding carboxylic acids is 1. The highest BCUT2D eigenvalue weighted by Gasteiger charge is 2.68. The lowest BCUT2D eigenvalue weighted by Gasteiger charge is -2.30. The molecule has 2 aliphatic rings. The largest absolute Gasteiger partial charge is 0.489 e. The Morgan fingerprint density at radius 3 is 2.53 bits per heavy atom. The van der Waals surface area contributed by atoms with Crippen molar-refractivity contribution in [2.24, 2.45) is 0 Å². The number of fused-ring (bicyclic) bond motifs is 3. The number of nitrogens with one attached hydrogen (secondary N) is 1. The highest BCUT2D eigenvalue weighted by molar-refractivity contribution is 6.06. The van der Waals surface area contributed by atoms with E-state index in [0.29, 0.717) is 30.2 Å². The Morgan fingerprint density at radius 1 is 1.00 bits per heavy atom. The number of amides is 1. The quantitative estimate of drug-likeness (QED) is 0.324. The zero-order chi connectivity index (χ0) is 24.9. The summed E-state index contributed by atoms with van der Waals surface area (Å²) in [5.74, 6) is -0.103. The van der Waals surface area contributed by atoms with Crippen molar-refractivity contribution in [2.75, 3.05) is 18.9 Å². The summed E-state index contributed by atoms with van der Waals surface area (Å²) in [6.45, 7) is 0.814. The van der Waals surface area contributed by atoms with Crippen LogP contribution in [-0.2, 0) is 16.9 Å². The van der Waals surface area contributed by atoms with Crippen molar-refractivity contribution in [3.8, 4) is 5.75 Å². The molecule has 4 aromatic carbocycles. The molecule has 7 heteroatoms. The molecule has 0 aromatic heterocycles. The molecule has 3 atom stereocenters. The van der Waals surface area contributed by atoms with Crippen molar-refractivity contribution < 1.29 is 14.5 Å². The molecule has 1 N–H and O–H groups in total. The van der Waals surface area contributed by atoms with Gasteiger partial charge in [-0.1, -0.05) is 72.8 Å². The van der Waals surface area contributed by atoms with Gasteiger partial charge < -0.3 is 10.1 Å². The molecule has 180 valence electrons. The van der Waals surface area contributed by atoms with E-state index in [4.69, 9.17) is 4.74 Å². The smallest absolute Gasteiger partial charge is 0.256 e. The van der Waals surface area contributed by atoms with E-state index in [2.05, 4.69) is 29.6 Å². The number of nitro groups is 1. The maximum atomic E-state index is 13.2. The third-order valence-corrected chi connectivity index (χ3v) is 7.62. The Balaban J connectivity index is 1.27. The fourth-order valence-electron chi connectivity index (χ4n) is 5.97. The maximum absolute atomic E-state index is 13.2. The van der Waals surface area contributed by atoms with Crippen LogP contribution in [0.3, 0.4) is 0 Å². The Hall–Kier alpha value is -4.23. The predicted octanol–water partition coefficient (Wildman–Crippen LogP) is 4.94. The van der Waals surface area contributed by atoms with E-state index in [1.165, 1.54) is 0 Å². The second kappa shape index (κ2) is 8.46. The predicted molar refractivity (Wildman–Crippen MR) is 138 cm³/mol. The number of hydrogen-bond donors (Lipinski definition) is 1. The number of likely N-dealkylation sites (N-methyl/N-ethyl adjacent to an activating group) is 1. The van der Waals surface area contributed by atoms with Crippen molar-refractivity contribution in [3.63, 3.8) is 0 Å². The van der Waals surface area contributed by atoms with Crippen LogP contribution in [0.15, 0.2) is 91.0 Å². The van der Waals surface area contributed by atoms with Gasteiger partial charge >= 0.3 is 0 Å². The first-order valence-corrected chi connectivity index (χ1v) is 11.9. The minimum absolute atomic E-state index is 0.291. The van der Waals surface area contributed by atoms with Crippen molar-refractivity contribution in [1.82, 2.24) is 4.90 Å². The molecule has 2 heterocycles. The Labute approximate surface area is 208 Å². The number of para-hydroxylation sites is 1. The summed E-state index contributed by atoms with van der Waals surface area (Å²) in [5, 5.41) is 17.6. The van der Waals surface area contributed by atoms with Gasteiger partial charge in [0.15, 0.2) is 5.54 Å². The standard InChI is InChI=1S/C29H25N3O4/c1-31-17-24(27(32(34)35)29(31)25-11-4-5-12-26(25)30-28(29)33)20-13-15-22(16-14-20)36-18-21-9-6-8-19-7-2-3-10-23(19)21/h2-16,24,27H,17-18H2,1H3,(H,30,33)/t24-,27+,29-/m1/s1. The summed E-state index contributed by atoms with van der Waals surface area (Å²) < 4.78 is 6.06. The number of likely N-dealkylation sites (tertiary alicyclic amines) is 1. The highest BCUT2D eigenvalue weighted by atomic mass is 16.6. The number of nitrogens with zero attached hydrogens (tertiary/aromatic N) is 2. The lowest BCUT2D eigenvalue weighted by atomic mass is 9.79. The van der Waals surface area contributed by atoms with E-state index in [-0.39, 0.29) is 10.8 Å². The molecule has 1 spiro atoms. The molecule has 0 unspecified atom stereocenters. The highest BCUT2D eigenvalue weighted by Crippen LogP contribution is 2.52. The molecule has 1 fully saturated rings. The first-order valence-electron chi connectivity index (χ1n) is 11.9. The average molecular weight is 480 g/mol. The SMILES string of the molecule is CN1C[C@H](c2ccc(OCc3cccc4ccccc34)cc2)[C@H]([N+](=O)[O-])[C@]12C(=O)Nc1ccccc12. The molecule has 7 nitrogen and oxygen atoms in total. The third kappa shape index (κ3) is 3.27. The maximum Gasteiger partial charge on any atom is 0.256 e. The summed E-state index contributed by atoms with van der Waals surface area (Å²) in [6, 6.07) is 27.9. The molecule has 0 bridgehead atoms. The Kier molecular flexibility index (Phi) is 5.23. The van der Waals surface area contributed by atoms with Crippen LogP contribution in [0, 0.1) is 10.1 Å². The minimum Gasteiger partial charge on any atom is -0.489 e. The zero-order valence-corrected chi connectivity index (χ0v) is 19.8. The zero-order valence-electron chi connectivity index (χ0n) is 19.8. The lowest BCUT2D eigenvalue weighted by molar-refractivity contribution is -0.534. The van der Waals surface area contributed by atoms with E-state index in [0.717, 1.165) is 21.9 Å². The molecule has 0 radical (unpaired) electrons. The second-order valence-electron chi connectivity index (χ2n) is 9.48. The molecule has 2 aliphatic heterocycles. The number of anilines is 1. The Bertz CT molecular complexity index is 1480. The summed E-state index contributed by atoms with van der Waals surface area (Å²) in [5.41, 5.74) is 1.87. The number of hydrogen-bond acceptors (Lipinski definition) is 5. The first-order chi connectivity index (χ1) is 17.5. The van der Waals surface area contributed by atoms with Crippen LogP contribution in [0.1, 0.15) is 22.6 Å². The molecule has 0 saturated carbocycles. The van der Waals surface area contributed by atoms with Crippen LogP contribution in [0.25, 0.3) is 10.8 Å². The van der Waals surface area contributed by atoms with Crippen LogP contribution >= 0.6 is 0 Å². The molecule has 4 aromatic rings. The number of rotatable bonds is 5. The molecule has 1 amide bonds. The van der Waals surface area contributed by atoms with Gasteiger partial charge in [-0.25, -0.2) is 0 Å². The number of ether oxygens (including phenoxy) is 1. The van der Waals surface area contributed by atoms with Gasteiger partial charge in [0.2, 0.25) is 0 Å². The van der Waals surface area contributed by atoms with E-state index < -0.39 is 17.5 Å². The number of carbonyl (C=O) groups is 1. The Morgan fingerprint density at radius 2 is 1.72 bits per heavy atom. The van der Waals surface area contributed by atoms with Crippen molar-refractivity contribution in [3.05, 3.63) is 118 Å². The second-order valence-corrected chi connectivity index (χ2v) is 9.48. The molecule has 36 heavy (non-hydrogen) atoms. The van der Waals surface area contributed by atoms with Gasteiger partial charge in [0.1, 0.15) is 12.4 Å². The van der Waals surface area contributed by atoms with Crippen LogP contribution < -0.4 is 10.1 Å². The molecular weight excluding hydrogens is 454 g/mol. The molecular formula is C29H25N3O4. The minimum atomic E-state index is -1.34. The number of benzene rings is 4. The summed E-state index contributed by atoms with van der Waals surface area (Å²) in [4.78, 5) is 27.2. The van der Waals surface area contributed by atoms with Crippen LogP contribution in [0.4, 0.5) is 5.69 Å². The summed E-state index contributed by atoms with van der Waals surface area (Å²) in [6.07, 6.45) is 0. The van der Waals surface area contributed by atoms with E-state index in [1.807, 2.05) is 65.6 Å². The van der Waals surface area contributed by atoms with E-state index >= 15 is 0 Å². The van der Waals surface area contributed by atoms with Crippen molar-refractivity contribution >= 4 is 22.4 Å². The van der Waals surface area contributed by atoms with Gasteiger partial charge in [-0.15, -0.1) is 0 Å². The van der Waals surface area contributed by atoms with Crippen LogP contribution in [0.5, 0.6) is 5.75 Å². The van der Waals surface area contributed by atoms with Gasteiger partial charge in [0.25, 0.3) is 11.9 Å². The monoisotopic (exact) mass is 479 g/mol. The fourth-order valence-corrected chi connectivity index (χ4v) is 5.97. The average Bonchev–Trinajstić information content (AvgIpc) is 3.37. The van der Waals surface area contributed by atoms with Gasteiger partial charge in [-0.2, -0.15) is 0 Å². The summed E-state index contributed by atoms with van der Waals surface area (Å²) in [7, 11) is 1.79. The third-order valence-electron chi connectivity index (χ3n) is 7.62. The summed E-state index contributed by atoms with van der Waals surface area (Å²) >= 11 is 0. The molecule has 6 rings (SSSR count). The molecule has 1 saturated heterocycles. The fraction of sp³-hybridized carbons (Fsp3) is 0.207. The van der Waals surface area contributed by atoms with Crippen molar-refractivity contribution in [2.45, 2.75) is 24.1 Å². The van der Waals surface area contributed by atoms with Gasteiger partial charge in [-0.05, 0) is 47.1 Å². The van der Waals surface area contributed by atoms with Crippen LogP contribution in [0.2, 0.25) is 0 Å². The molecule has 0 aliphatic carbocycles. The van der Waals surface area contributed by atoms with E-state index in [9.17, 15) is 14.9 Å². The van der Waals surface area contributed by atoms with Gasteiger partial charge in [-0.3, -0.25) is 19.8 Å². The lowest BCUT2D eigenvalue weighted by Crippen LogP contribution is -2.54. The van der Waals surface area contributed by atoms with E-state index in [1.54, 1.807) is 13.1 Å². The van der Waals surface area contributed by atoms with Crippen LogP contribution in [-0.4, -0.2) is 35.4 Å². The van der Waals surface area contributed by atoms with Crippen molar-refractivity contribution in [1.29, 1.82) is 0 Å². The van der Waals surface area contributed by atoms with Gasteiger partial charge in [0, 0.05) is 22.7 Å². The van der Waals surface area contributed by atoms with Gasteiger partial charge in [0.05, 0.1) is 5.92 Å². The first kappa shape index (κ1) is 22.2. The topological polar surface area (TPSA) is 84.7 Å².